The van der Waals surface area contributed by atoms with Gasteiger partial charge in [0.15, 0.2) is 16.9 Å². The Labute approximate surface area is 543 Å². The third-order valence-electron chi connectivity index (χ3n) is 16.5. The van der Waals surface area contributed by atoms with Gasteiger partial charge in [0.05, 0.1) is 40.0 Å². The molecule has 3 atom stereocenters. The Morgan fingerprint density at radius 2 is 0.904 bits per heavy atom. The summed E-state index contributed by atoms with van der Waals surface area (Å²) in [6, 6.07) is 52.6. The summed E-state index contributed by atoms with van der Waals surface area (Å²) in [5.41, 5.74) is 25.6. The molecule has 0 aliphatic carbocycles. The van der Waals surface area contributed by atoms with Gasteiger partial charge in [0.1, 0.15) is 82.3 Å². The first kappa shape index (κ1) is 63.0. The van der Waals surface area contributed by atoms with E-state index in [0.29, 0.717) is 52.9 Å². The molecular weight excluding hydrogens is 1180 g/mol. The fourth-order valence-corrected chi connectivity index (χ4v) is 11.9. The minimum absolute atomic E-state index is 0.00566. The van der Waals surface area contributed by atoms with Crippen molar-refractivity contribution in [2.75, 3.05) is 70.6 Å². The standard InChI is InChI=1S/C25H24N6O2.C23H24N6O.C17H13N5O.C6H13NO/c1-2-21(32)30-14-6-7-18(15-30)31-25-22(24(26)27-16-28-25)23(29-31)17-10-12-20(13-11-17)33-19-8-4-3-5-9-19;1-28-13-5-6-17(14-28)29-23-20(22(24)25-15-26-23)21(27-29)16-9-11-19(12-10-16)30-18-7-3-2-4-8-18;18-16-14-15(21-22-17(14)20-10-19-16)11-6-8-13(9-7-11)23-12-4-2-1-3-5-12;1-7-4-2-3-6(8)5-7/h2-5,8-13,16,18H,1,6-7,14-15H2,(H2,26,27,28);2-4,7-12,15,17H,5-6,13-14H2,1H3,(H2,24,25,26);1-10H,(H3,18,19,20,21,22);6,8H,2-5H2,1H3/t;;;6-/m...0/s1. The van der Waals surface area contributed by atoms with Gasteiger partial charge in [0, 0.05) is 42.9 Å². The number of piperidine rings is 3. The minimum atomic E-state index is -0.0699. The molecule has 3 aliphatic heterocycles. The number of hydrogen-bond donors (Lipinski definition) is 5. The summed E-state index contributed by atoms with van der Waals surface area (Å²) in [6.45, 7) is 8.95. The van der Waals surface area contributed by atoms with Crippen molar-refractivity contribution in [1.82, 2.24) is 74.4 Å². The van der Waals surface area contributed by atoms with Crippen LogP contribution in [-0.2, 0) is 4.79 Å². The molecule has 23 nitrogen and oxygen atoms in total. The van der Waals surface area contributed by atoms with E-state index in [1.165, 1.54) is 25.1 Å². The van der Waals surface area contributed by atoms with E-state index in [-0.39, 0.29) is 24.1 Å². The van der Waals surface area contributed by atoms with E-state index in [9.17, 15) is 4.79 Å². The summed E-state index contributed by atoms with van der Waals surface area (Å²) >= 11 is 0. The summed E-state index contributed by atoms with van der Waals surface area (Å²) in [6.07, 6.45) is 11.8. The number of likely N-dealkylation sites (tertiary alicyclic amines) is 3. The number of aromatic nitrogens is 12. The van der Waals surface area contributed by atoms with E-state index in [2.05, 4.69) is 63.5 Å². The molecule has 6 aromatic carbocycles. The smallest absolute Gasteiger partial charge is 0.246 e. The van der Waals surface area contributed by atoms with Gasteiger partial charge in [0.25, 0.3) is 0 Å². The highest BCUT2D eigenvalue weighted by Gasteiger charge is 2.29. The lowest BCUT2D eigenvalue weighted by atomic mass is 10.1. The number of carbonyl (C=O) groups excluding carboxylic acids is 1. The molecule has 8 N–H and O–H groups in total. The number of hydrogen-bond acceptors (Lipinski definition) is 19. The first-order valence-corrected chi connectivity index (χ1v) is 31.3. The number of amides is 1. The third kappa shape index (κ3) is 14.9. The number of fused-ring (bicyclic) bond motifs is 3. The molecule has 12 aromatic rings. The predicted octanol–water partition coefficient (Wildman–Crippen LogP) is 11.8. The number of H-pyrrole nitrogens is 1. The van der Waals surface area contributed by atoms with Gasteiger partial charge in [-0.15, -0.1) is 0 Å². The van der Waals surface area contributed by atoms with E-state index in [1.54, 1.807) is 4.90 Å². The topological polar surface area (TPSA) is 294 Å². The molecule has 15 rings (SSSR count). The number of carbonyl (C=O) groups is 1. The Hall–Kier alpha value is -11.1. The van der Waals surface area contributed by atoms with Crippen molar-refractivity contribution < 1.29 is 24.1 Å². The first-order chi connectivity index (χ1) is 45.9. The number of para-hydroxylation sites is 3. The maximum absolute atomic E-state index is 12.2. The number of anilines is 3. The van der Waals surface area contributed by atoms with Crippen molar-refractivity contribution in [2.45, 2.75) is 56.7 Å². The summed E-state index contributed by atoms with van der Waals surface area (Å²) in [5.74, 6) is 5.79. The Bertz CT molecular complexity index is 4470. The second-order valence-corrected chi connectivity index (χ2v) is 23.3. The van der Waals surface area contributed by atoms with Gasteiger partial charge in [-0.25, -0.2) is 39.3 Å². The number of β-amino-alcohol motifs (C(OH)–C–C–N with tert-alkyl or cyclic N) is 1. The van der Waals surface area contributed by atoms with Crippen LogP contribution in [0, 0.1) is 0 Å². The van der Waals surface area contributed by atoms with Crippen molar-refractivity contribution in [1.29, 1.82) is 0 Å². The summed E-state index contributed by atoms with van der Waals surface area (Å²) in [7, 11) is 4.19. The van der Waals surface area contributed by atoms with E-state index in [4.69, 9.17) is 46.7 Å². The number of ether oxygens (including phenoxy) is 3. The molecule has 94 heavy (non-hydrogen) atoms. The van der Waals surface area contributed by atoms with Gasteiger partial charge in [-0.05, 0) is 181 Å². The molecule has 478 valence electrons. The van der Waals surface area contributed by atoms with Gasteiger partial charge in [0.2, 0.25) is 5.91 Å². The van der Waals surface area contributed by atoms with E-state index in [0.717, 1.165) is 144 Å². The van der Waals surface area contributed by atoms with Crippen LogP contribution in [0.25, 0.3) is 66.9 Å². The number of nitrogens with two attached hydrogens (primary N) is 3. The first-order valence-electron chi connectivity index (χ1n) is 31.3. The summed E-state index contributed by atoms with van der Waals surface area (Å²) in [5, 5.41) is 28.3. The number of aromatic amines is 1. The summed E-state index contributed by atoms with van der Waals surface area (Å²) < 4.78 is 21.5. The zero-order chi connectivity index (χ0) is 64.9. The molecule has 0 saturated carbocycles. The van der Waals surface area contributed by atoms with Crippen LogP contribution in [0.2, 0.25) is 0 Å². The van der Waals surface area contributed by atoms with Crippen molar-refractivity contribution in [3.63, 3.8) is 0 Å². The van der Waals surface area contributed by atoms with Crippen LogP contribution in [0.1, 0.15) is 50.6 Å². The molecule has 23 heteroatoms. The molecule has 3 aliphatic rings. The van der Waals surface area contributed by atoms with Crippen LogP contribution in [0.15, 0.2) is 195 Å². The third-order valence-corrected chi connectivity index (χ3v) is 16.5. The molecule has 0 bridgehead atoms. The van der Waals surface area contributed by atoms with E-state index in [1.807, 2.05) is 180 Å². The van der Waals surface area contributed by atoms with E-state index < -0.39 is 0 Å². The number of nitrogen functional groups attached to an aromatic ring is 3. The number of nitrogens with one attached hydrogen (secondary N) is 1. The predicted molar refractivity (Wildman–Crippen MR) is 365 cm³/mol. The van der Waals surface area contributed by atoms with Crippen molar-refractivity contribution in [2.24, 2.45) is 0 Å². The molecular formula is C71H74N18O5. The monoisotopic (exact) mass is 1260 g/mol. The highest BCUT2D eigenvalue weighted by molar-refractivity contribution is 6.00. The molecule has 1 amide bonds. The van der Waals surface area contributed by atoms with Crippen LogP contribution in [0.3, 0.4) is 0 Å². The zero-order valence-corrected chi connectivity index (χ0v) is 52.4. The Kier molecular flexibility index (Phi) is 19.7. The van der Waals surface area contributed by atoms with Crippen LogP contribution >= 0.6 is 0 Å². The van der Waals surface area contributed by atoms with Gasteiger partial charge < -0.3 is 51.2 Å². The maximum Gasteiger partial charge on any atom is 0.246 e. The highest BCUT2D eigenvalue weighted by Crippen LogP contribution is 2.38. The number of aliphatic hydroxyl groups is 1. The van der Waals surface area contributed by atoms with Crippen molar-refractivity contribution in [3.05, 3.63) is 195 Å². The Morgan fingerprint density at radius 1 is 0.500 bits per heavy atom. The van der Waals surface area contributed by atoms with Gasteiger partial charge in [-0.3, -0.25) is 9.89 Å². The molecule has 9 heterocycles. The Balaban J connectivity index is 0.000000129. The van der Waals surface area contributed by atoms with Gasteiger partial charge >= 0.3 is 0 Å². The van der Waals surface area contributed by atoms with Gasteiger partial charge in [-0.1, -0.05) is 61.2 Å². The SMILES string of the molecule is C=CC(=O)N1CCCC(n2nc(-c3ccc(Oc4ccccc4)cc3)c3c(N)ncnc32)C1.CN1CCCC(n2nc(-c3ccc(Oc4ccccc4)cc3)c3c(N)ncnc32)C1.CN1CCC[C@H](O)C1.Nc1ncnc2n[nH]c(-c3ccc(Oc4ccccc4)cc3)c12. The number of rotatable bonds is 12. The Morgan fingerprint density at radius 3 is 1.34 bits per heavy atom. The van der Waals surface area contributed by atoms with Crippen molar-refractivity contribution in [3.8, 4) is 68.3 Å². The van der Waals surface area contributed by atoms with E-state index >= 15 is 0 Å². The minimum Gasteiger partial charge on any atom is -0.457 e. The zero-order valence-electron chi connectivity index (χ0n) is 52.4. The second kappa shape index (κ2) is 29.4. The average Bonchev–Trinajstić information content (AvgIpc) is 1.63. The van der Waals surface area contributed by atoms with Crippen molar-refractivity contribution >= 4 is 56.5 Å². The maximum atomic E-state index is 12.2. The number of aliphatic hydroxyl groups excluding tert-OH is 1. The number of nitrogens with zero attached hydrogens (tertiary/aromatic N) is 14. The molecule has 6 aromatic heterocycles. The molecule has 2 unspecified atom stereocenters. The normalized spacial score (nSPS) is 16.6. The van der Waals surface area contributed by atoms with Gasteiger partial charge in [-0.2, -0.15) is 15.3 Å². The fourth-order valence-electron chi connectivity index (χ4n) is 11.9. The second-order valence-electron chi connectivity index (χ2n) is 23.3. The molecule has 0 radical (unpaired) electrons. The van der Waals surface area contributed by atoms with Crippen LogP contribution in [0.4, 0.5) is 17.5 Å². The average molecular weight is 1260 g/mol. The van der Waals surface area contributed by atoms with Crippen LogP contribution < -0.4 is 31.4 Å². The highest BCUT2D eigenvalue weighted by atomic mass is 16.5. The lowest BCUT2D eigenvalue weighted by molar-refractivity contribution is -0.127. The number of likely N-dealkylation sites (N-methyl/N-ethyl adjacent to an activating group) is 2. The lowest BCUT2D eigenvalue weighted by Crippen LogP contribution is -2.40. The molecule has 3 fully saturated rings. The van der Waals surface area contributed by atoms with Crippen LogP contribution in [-0.4, -0.2) is 145 Å². The fraction of sp³-hybridized carbons (Fsp3) is 0.239. The molecule has 0 spiro atoms. The molecule has 3 saturated heterocycles. The quantitative estimate of drug-likeness (QED) is 0.0710. The lowest BCUT2D eigenvalue weighted by Gasteiger charge is -2.32. The van der Waals surface area contributed by atoms with Crippen LogP contribution in [0.5, 0.6) is 34.5 Å². The summed E-state index contributed by atoms with van der Waals surface area (Å²) in [4.78, 5) is 44.0. The largest absolute Gasteiger partial charge is 0.457 e. The number of benzene rings is 6.